The summed E-state index contributed by atoms with van der Waals surface area (Å²) in [6, 6.07) is 13.0. The summed E-state index contributed by atoms with van der Waals surface area (Å²) in [5.41, 5.74) is 2.25. The molecular weight excluding hydrogens is 415 g/mol. The van der Waals surface area contributed by atoms with Gasteiger partial charge >= 0.3 is 0 Å². The molecular formula is C24H18ClFN4O. The molecule has 0 aliphatic heterocycles. The summed E-state index contributed by atoms with van der Waals surface area (Å²) in [5, 5.41) is 10.3. The first kappa shape index (κ1) is 20.7. The maximum atomic E-state index is 14.5. The maximum Gasteiger partial charge on any atom is 0.274 e. The largest absolute Gasteiger partial charge is 0.274 e. The molecule has 0 unspecified atom stereocenters. The van der Waals surface area contributed by atoms with Gasteiger partial charge in [-0.15, -0.1) is 0 Å². The minimum absolute atomic E-state index is 0.0148. The average Bonchev–Trinajstić information content (AvgIpc) is 2.74. The molecule has 0 radical (unpaired) electrons. The van der Waals surface area contributed by atoms with Crippen LogP contribution in [0.5, 0.6) is 0 Å². The molecule has 0 aliphatic rings. The van der Waals surface area contributed by atoms with E-state index in [2.05, 4.69) is 9.97 Å². The van der Waals surface area contributed by atoms with Crippen molar-refractivity contribution in [2.24, 2.45) is 0 Å². The lowest BCUT2D eigenvalue weighted by molar-refractivity contribution is 0.631. The highest BCUT2D eigenvalue weighted by Gasteiger charge is 2.21. The smallest absolute Gasteiger partial charge is 0.267 e. The zero-order valence-corrected chi connectivity index (χ0v) is 17.9. The van der Waals surface area contributed by atoms with Gasteiger partial charge < -0.3 is 0 Å². The van der Waals surface area contributed by atoms with Gasteiger partial charge in [0.25, 0.3) is 5.56 Å². The standard InChI is InChI=1S/C24H18ClFN4O/c1-13(2)20-22(14(3)8-9-28-20)30-23-15(10-16(12-27)24(30)31)11-18(25)21(29-23)17-6-4-5-7-19(17)26/h4-11,13H,1-3H3. The van der Waals surface area contributed by atoms with Crippen molar-refractivity contribution in [2.75, 3.05) is 0 Å². The topological polar surface area (TPSA) is 71.6 Å². The van der Waals surface area contributed by atoms with E-state index < -0.39 is 11.4 Å². The van der Waals surface area contributed by atoms with Gasteiger partial charge in [-0.25, -0.2) is 9.37 Å². The number of pyridine rings is 3. The van der Waals surface area contributed by atoms with Crippen molar-refractivity contribution in [1.82, 2.24) is 14.5 Å². The lowest BCUT2D eigenvalue weighted by Crippen LogP contribution is -2.24. The Hall–Kier alpha value is -3.56. The minimum atomic E-state index is -0.512. The van der Waals surface area contributed by atoms with Crippen LogP contribution >= 0.6 is 11.6 Å². The van der Waals surface area contributed by atoms with Crippen LogP contribution in [0.1, 0.15) is 36.6 Å². The molecule has 5 nitrogen and oxygen atoms in total. The summed E-state index contributed by atoms with van der Waals surface area (Å²) in [4.78, 5) is 22.4. The first-order valence-corrected chi connectivity index (χ1v) is 10.1. The SMILES string of the molecule is Cc1ccnc(C(C)C)c1-n1c(=O)c(C#N)cc2cc(Cl)c(-c3ccccc3F)nc21. The number of hydrogen-bond acceptors (Lipinski definition) is 4. The lowest BCUT2D eigenvalue weighted by atomic mass is 10.0. The van der Waals surface area contributed by atoms with E-state index >= 15 is 0 Å². The Labute approximate surface area is 183 Å². The molecule has 154 valence electrons. The number of aryl methyl sites for hydroxylation is 1. The molecule has 0 amide bonds. The summed E-state index contributed by atoms with van der Waals surface area (Å²) in [5.74, 6) is -0.458. The van der Waals surface area contributed by atoms with Crippen LogP contribution in [0.4, 0.5) is 4.39 Å². The molecule has 3 aromatic heterocycles. The summed E-state index contributed by atoms with van der Waals surface area (Å²) >= 11 is 6.44. The Bertz CT molecular complexity index is 1440. The second-order valence-corrected chi connectivity index (χ2v) is 7.95. The molecule has 31 heavy (non-hydrogen) atoms. The van der Waals surface area contributed by atoms with Crippen molar-refractivity contribution < 1.29 is 4.39 Å². The second kappa shape index (κ2) is 7.93. The highest BCUT2D eigenvalue weighted by Crippen LogP contribution is 2.32. The molecule has 0 fully saturated rings. The van der Waals surface area contributed by atoms with E-state index in [4.69, 9.17) is 11.6 Å². The first-order chi connectivity index (χ1) is 14.8. The number of nitrogens with zero attached hydrogens (tertiary/aromatic N) is 4. The molecule has 3 heterocycles. The highest BCUT2D eigenvalue weighted by atomic mass is 35.5. The van der Waals surface area contributed by atoms with Crippen molar-refractivity contribution in [3.63, 3.8) is 0 Å². The predicted octanol–water partition coefficient (Wildman–Crippen LogP) is 5.54. The van der Waals surface area contributed by atoms with Crippen LogP contribution in [0.3, 0.4) is 0 Å². The zero-order chi connectivity index (χ0) is 22.3. The van der Waals surface area contributed by atoms with Gasteiger partial charge in [-0.1, -0.05) is 37.6 Å². The average molecular weight is 433 g/mol. The van der Waals surface area contributed by atoms with E-state index in [0.717, 1.165) is 5.56 Å². The number of aromatic nitrogens is 3. The van der Waals surface area contributed by atoms with Crippen LogP contribution in [0.15, 0.2) is 53.5 Å². The van der Waals surface area contributed by atoms with Gasteiger partial charge in [-0.2, -0.15) is 5.26 Å². The van der Waals surface area contributed by atoms with Gasteiger partial charge in [-0.05, 0) is 48.7 Å². The van der Waals surface area contributed by atoms with Crippen molar-refractivity contribution in [1.29, 1.82) is 5.26 Å². The number of nitriles is 1. The third kappa shape index (κ3) is 3.47. The fourth-order valence-corrected chi connectivity index (χ4v) is 3.89. The fourth-order valence-electron chi connectivity index (χ4n) is 3.63. The number of halogens is 2. The Balaban J connectivity index is 2.19. The van der Waals surface area contributed by atoms with Crippen molar-refractivity contribution in [2.45, 2.75) is 26.7 Å². The van der Waals surface area contributed by atoms with E-state index in [1.807, 2.05) is 26.8 Å². The van der Waals surface area contributed by atoms with Crippen LogP contribution in [0, 0.1) is 24.1 Å². The van der Waals surface area contributed by atoms with E-state index in [1.165, 1.54) is 16.7 Å². The first-order valence-electron chi connectivity index (χ1n) is 9.70. The van der Waals surface area contributed by atoms with Crippen LogP contribution in [0.25, 0.3) is 28.0 Å². The molecule has 4 rings (SSSR count). The summed E-state index contributed by atoms with van der Waals surface area (Å²) in [7, 11) is 0. The van der Waals surface area contributed by atoms with Crippen molar-refractivity contribution in [3.05, 3.63) is 86.7 Å². The second-order valence-electron chi connectivity index (χ2n) is 7.54. The quantitative estimate of drug-likeness (QED) is 0.426. The van der Waals surface area contributed by atoms with Crippen molar-refractivity contribution >= 4 is 22.6 Å². The molecule has 0 bridgehead atoms. The Morgan fingerprint density at radius 2 is 1.94 bits per heavy atom. The molecule has 1 aromatic carbocycles. The van der Waals surface area contributed by atoms with E-state index in [-0.39, 0.29) is 33.4 Å². The Morgan fingerprint density at radius 1 is 1.19 bits per heavy atom. The summed E-state index contributed by atoms with van der Waals surface area (Å²) in [6.45, 7) is 5.82. The zero-order valence-electron chi connectivity index (χ0n) is 17.1. The molecule has 7 heteroatoms. The lowest BCUT2D eigenvalue weighted by Gasteiger charge is -2.19. The van der Waals surface area contributed by atoms with Gasteiger partial charge in [0, 0.05) is 17.1 Å². The summed E-state index contributed by atoms with van der Waals surface area (Å²) in [6.07, 6.45) is 1.69. The Morgan fingerprint density at radius 3 is 2.61 bits per heavy atom. The summed E-state index contributed by atoms with van der Waals surface area (Å²) < 4.78 is 15.9. The highest BCUT2D eigenvalue weighted by molar-refractivity contribution is 6.33. The van der Waals surface area contributed by atoms with Gasteiger partial charge in [0.05, 0.1) is 22.1 Å². The number of benzene rings is 1. The normalized spacial score (nSPS) is 11.1. The molecule has 0 atom stereocenters. The number of fused-ring (bicyclic) bond motifs is 1. The Kier molecular flexibility index (Phi) is 5.30. The molecule has 0 N–H and O–H groups in total. The van der Waals surface area contributed by atoms with Crippen LogP contribution < -0.4 is 5.56 Å². The minimum Gasteiger partial charge on any atom is -0.267 e. The molecule has 0 spiro atoms. The molecule has 4 aromatic rings. The maximum absolute atomic E-state index is 14.5. The number of hydrogen-bond donors (Lipinski definition) is 0. The third-order valence-corrected chi connectivity index (χ3v) is 5.39. The van der Waals surface area contributed by atoms with Gasteiger partial charge in [0.1, 0.15) is 23.1 Å². The molecule has 0 aliphatic carbocycles. The van der Waals surface area contributed by atoms with Crippen LogP contribution in [-0.4, -0.2) is 14.5 Å². The fraction of sp³-hybridized carbons (Fsp3) is 0.167. The van der Waals surface area contributed by atoms with E-state index in [1.54, 1.807) is 36.5 Å². The van der Waals surface area contributed by atoms with E-state index in [0.29, 0.717) is 16.8 Å². The number of rotatable bonds is 3. The third-order valence-electron chi connectivity index (χ3n) is 5.10. The van der Waals surface area contributed by atoms with Gasteiger partial charge in [0.2, 0.25) is 0 Å². The molecule has 0 saturated heterocycles. The van der Waals surface area contributed by atoms with Crippen LogP contribution in [0.2, 0.25) is 5.02 Å². The van der Waals surface area contributed by atoms with Crippen molar-refractivity contribution in [3.8, 4) is 23.0 Å². The molecule has 0 saturated carbocycles. The van der Waals surface area contributed by atoms with Gasteiger partial charge in [-0.3, -0.25) is 14.3 Å². The van der Waals surface area contributed by atoms with Crippen LogP contribution in [-0.2, 0) is 0 Å². The van der Waals surface area contributed by atoms with E-state index in [9.17, 15) is 14.4 Å². The van der Waals surface area contributed by atoms with Gasteiger partial charge in [0.15, 0.2) is 0 Å². The predicted molar refractivity (Wildman–Crippen MR) is 119 cm³/mol. The monoisotopic (exact) mass is 432 g/mol.